The lowest BCUT2D eigenvalue weighted by Gasteiger charge is -2.07. The van der Waals surface area contributed by atoms with Crippen LogP contribution >= 0.6 is 0 Å². The predicted molar refractivity (Wildman–Crippen MR) is 81.7 cm³/mol. The zero-order chi connectivity index (χ0) is 16.1. The molecule has 0 spiro atoms. The molecule has 0 atom stereocenters. The Labute approximate surface area is 132 Å². The molecule has 0 bridgehead atoms. The number of ether oxygens (including phenoxy) is 1. The number of nitrogens with one attached hydrogen (secondary N) is 1. The number of amides is 1. The lowest BCUT2D eigenvalue weighted by molar-refractivity contribution is 0.0944. The second-order valence-corrected chi connectivity index (χ2v) is 4.62. The SMILES string of the molecule is COc1ccccc1C(=O)NCc1nnc(-c2ccncc2)o1. The van der Waals surface area contributed by atoms with E-state index in [1.54, 1.807) is 48.8 Å². The van der Waals surface area contributed by atoms with Crippen molar-refractivity contribution >= 4 is 5.91 Å². The van der Waals surface area contributed by atoms with E-state index in [4.69, 9.17) is 9.15 Å². The number of aromatic nitrogens is 3. The topological polar surface area (TPSA) is 90.1 Å². The standard InChI is InChI=1S/C16H14N4O3/c1-22-13-5-3-2-4-12(13)15(21)18-10-14-19-20-16(23-14)11-6-8-17-9-7-11/h2-9H,10H2,1H3,(H,18,21). The number of hydrogen-bond donors (Lipinski definition) is 1. The molecule has 0 saturated carbocycles. The maximum Gasteiger partial charge on any atom is 0.255 e. The van der Waals surface area contributed by atoms with E-state index in [1.807, 2.05) is 0 Å². The predicted octanol–water partition coefficient (Wildman–Crippen LogP) is 2.07. The average molecular weight is 310 g/mol. The highest BCUT2D eigenvalue weighted by molar-refractivity contribution is 5.96. The molecule has 0 unspecified atom stereocenters. The molecule has 0 fully saturated rings. The molecule has 0 aliphatic rings. The van der Waals surface area contributed by atoms with Crippen molar-refractivity contribution in [3.05, 3.63) is 60.2 Å². The molecule has 0 aliphatic carbocycles. The van der Waals surface area contributed by atoms with Crippen molar-refractivity contribution in [3.63, 3.8) is 0 Å². The molecule has 2 aromatic heterocycles. The number of carbonyl (C=O) groups excluding carboxylic acids is 1. The van der Waals surface area contributed by atoms with Crippen LogP contribution in [0.2, 0.25) is 0 Å². The molecule has 3 aromatic rings. The molecule has 1 amide bonds. The Morgan fingerprint density at radius 2 is 1.96 bits per heavy atom. The Morgan fingerprint density at radius 3 is 2.74 bits per heavy atom. The molecule has 2 heterocycles. The first-order chi connectivity index (χ1) is 11.3. The van der Waals surface area contributed by atoms with Gasteiger partial charge in [-0.2, -0.15) is 0 Å². The van der Waals surface area contributed by atoms with Gasteiger partial charge in [-0.3, -0.25) is 9.78 Å². The summed E-state index contributed by atoms with van der Waals surface area (Å²) in [6.45, 7) is 0.134. The molecule has 7 nitrogen and oxygen atoms in total. The molecule has 23 heavy (non-hydrogen) atoms. The Hall–Kier alpha value is -3.22. The number of methoxy groups -OCH3 is 1. The number of rotatable bonds is 5. The molecular weight excluding hydrogens is 296 g/mol. The van der Waals surface area contributed by atoms with Crippen molar-refractivity contribution in [2.45, 2.75) is 6.54 Å². The fourth-order valence-corrected chi connectivity index (χ4v) is 2.02. The normalized spacial score (nSPS) is 10.3. The molecule has 1 aromatic carbocycles. The quantitative estimate of drug-likeness (QED) is 0.776. The van der Waals surface area contributed by atoms with Gasteiger partial charge < -0.3 is 14.5 Å². The van der Waals surface area contributed by atoms with Crippen LogP contribution < -0.4 is 10.1 Å². The van der Waals surface area contributed by atoms with Gasteiger partial charge in [-0.1, -0.05) is 12.1 Å². The lowest BCUT2D eigenvalue weighted by atomic mass is 10.2. The summed E-state index contributed by atoms with van der Waals surface area (Å²) in [7, 11) is 1.52. The highest BCUT2D eigenvalue weighted by atomic mass is 16.5. The maximum absolute atomic E-state index is 12.2. The monoisotopic (exact) mass is 310 g/mol. The van der Waals surface area contributed by atoms with E-state index in [0.717, 1.165) is 5.56 Å². The number of pyridine rings is 1. The van der Waals surface area contributed by atoms with Crippen molar-refractivity contribution < 1.29 is 13.9 Å². The van der Waals surface area contributed by atoms with Gasteiger partial charge in [0.1, 0.15) is 5.75 Å². The number of carbonyl (C=O) groups is 1. The van der Waals surface area contributed by atoms with Crippen LogP contribution in [0.4, 0.5) is 0 Å². The summed E-state index contributed by atoms with van der Waals surface area (Å²) >= 11 is 0. The van der Waals surface area contributed by atoms with Crippen LogP contribution in [0.5, 0.6) is 5.75 Å². The molecule has 0 saturated heterocycles. The highest BCUT2D eigenvalue weighted by Crippen LogP contribution is 2.18. The lowest BCUT2D eigenvalue weighted by Crippen LogP contribution is -2.23. The van der Waals surface area contributed by atoms with Gasteiger partial charge in [0.2, 0.25) is 11.8 Å². The number of hydrogen-bond acceptors (Lipinski definition) is 6. The summed E-state index contributed by atoms with van der Waals surface area (Å²) in [4.78, 5) is 16.1. The second-order valence-electron chi connectivity index (χ2n) is 4.62. The van der Waals surface area contributed by atoms with Crippen LogP contribution in [0.1, 0.15) is 16.2 Å². The summed E-state index contributed by atoms with van der Waals surface area (Å²) in [5, 5.41) is 10.6. The van der Waals surface area contributed by atoms with Crippen LogP contribution in [0.15, 0.2) is 53.2 Å². The fraction of sp³-hybridized carbons (Fsp3) is 0.125. The van der Waals surface area contributed by atoms with Crippen molar-refractivity contribution in [2.24, 2.45) is 0 Å². The van der Waals surface area contributed by atoms with E-state index in [1.165, 1.54) is 7.11 Å². The van der Waals surface area contributed by atoms with Crippen molar-refractivity contribution in [2.75, 3.05) is 7.11 Å². The summed E-state index contributed by atoms with van der Waals surface area (Å²) in [5.41, 5.74) is 1.22. The van der Waals surface area contributed by atoms with E-state index in [2.05, 4.69) is 20.5 Å². The molecular formula is C16H14N4O3. The van der Waals surface area contributed by atoms with Crippen LogP contribution in [0.25, 0.3) is 11.5 Å². The van der Waals surface area contributed by atoms with Gasteiger partial charge >= 0.3 is 0 Å². The Balaban J connectivity index is 1.67. The van der Waals surface area contributed by atoms with E-state index in [-0.39, 0.29) is 12.5 Å². The molecule has 3 rings (SSSR count). The largest absolute Gasteiger partial charge is 0.496 e. The molecule has 0 radical (unpaired) electrons. The third-order valence-corrected chi connectivity index (χ3v) is 3.15. The Kier molecular flexibility index (Phi) is 4.28. The van der Waals surface area contributed by atoms with Crippen molar-refractivity contribution in [1.82, 2.24) is 20.5 Å². The van der Waals surface area contributed by atoms with E-state index in [9.17, 15) is 4.79 Å². The van der Waals surface area contributed by atoms with Gasteiger partial charge in [0.15, 0.2) is 0 Å². The zero-order valence-electron chi connectivity index (χ0n) is 12.4. The third kappa shape index (κ3) is 3.34. The minimum absolute atomic E-state index is 0.134. The highest BCUT2D eigenvalue weighted by Gasteiger charge is 2.13. The van der Waals surface area contributed by atoms with Gasteiger partial charge in [-0.25, -0.2) is 0 Å². The number of nitrogens with zero attached hydrogens (tertiary/aromatic N) is 3. The van der Waals surface area contributed by atoms with Gasteiger partial charge in [0.25, 0.3) is 5.91 Å². The molecule has 0 aliphatic heterocycles. The minimum Gasteiger partial charge on any atom is -0.496 e. The first-order valence-electron chi connectivity index (χ1n) is 6.92. The maximum atomic E-state index is 12.2. The smallest absolute Gasteiger partial charge is 0.255 e. The second kappa shape index (κ2) is 6.69. The Morgan fingerprint density at radius 1 is 1.17 bits per heavy atom. The van der Waals surface area contributed by atoms with Gasteiger partial charge in [-0.05, 0) is 24.3 Å². The molecule has 116 valence electrons. The van der Waals surface area contributed by atoms with Crippen molar-refractivity contribution in [3.8, 4) is 17.2 Å². The minimum atomic E-state index is -0.272. The van der Waals surface area contributed by atoms with Crippen LogP contribution in [0, 0.1) is 0 Å². The summed E-state index contributed by atoms with van der Waals surface area (Å²) < 4.78 is 10.7. The first kappa shape index (κ1) is 14.7. The zero-order valence-corrected chi connectivity index (χ0v) is 12.4. The molecule has 7 heteroatoms. The van der Waals surface area contributed by atoms with E-state index < -0.39 is 0 Å². The van der Waals surface area contributed by atoms with Gasteiger partial charge in [0, 0.05) is 18.0 Å². The van der Waals surface area contributed by atoms with Crippen LogP contribution in [-0.4, -0.2) is 28.2 Å². The van der Waals surface area contributed by atoms with E-state index in [0.29, 0.717) is 23.1 Å². The van der Waals surface area contributed by atoms with E-state index >= 15 is 0 Å². The number of para-hydroxylation sites is 1. The van der Waals surface area contributed by atoms with Crippen LogP contribution in [-0.2, 0) is 6.54 Å². The fourth-order valence-electron chi connectivity index (χ4n) is 2.02. The average Bonchev–Trinajstić information content (AvgIpc) is 3.09. The van der Waals surface area contributed by atoms with Gasteiger partial charge in [-0.15, -0.1) is 10.2 Å². The summed E-state index contributed by atoms with van der Waals surface area (Å²) in [6, 6.07) is 10.5. The molecule has 1 N–H and O–H groups in total. The van der Waals surface area contributed by atoms with Crippen LogP contribution in [0.3, 0.4) is 0 Å². The summed E-state index contributed by atoms with van der Waals surface area (Å²) in [6.07, 6.45) is 3.28. The third-order valence-electron chi connectivity index (χ3n) is 3.15. The van der Waals surface area contributed by atoms with Crippen molar-refractivity contribution in [1.29, 1.82) is 0 Å². The number of benzene rings is 1. The summed E-state index contributed by atoms with van der Waals surface area (Å²) in [5.74, 6) is 0.938. The Bertz CT molecular complexity index is 802. The van der Waals surface area contributed by atoms with Gasteiger partial charge in [0.05, 0.1) is 19.2 Å². The first-order valence-corrected chi connectivity index (χ1v) is 6.92.